The molecule has 0 aliphatic heterocycles. The van der Waals surface area contributed by atoms with Crippen molar-refractivity contribution in [2.75, 3.05) is 5.32 Å². The number of aryl methyl sites for hydroxylation is 1. The maximum absolute atomic E-state index is 12.8. The molecule has 0 bridgehead atoms. The molecule has 4 aromatic rings. The molecule has 2 aromatic carbocycles. The van der Waals surface area contributed by atoms with E-state index >= 15 is 0 Å². The number of rotatable bonds is 6. The Hall–Kier alpha value is -4.07. The van der Waals surface area contributed by atoms with Gasteiger partial charge in [-0.05, 0) is 63.1 Å². The predicted octanol–water partition coefficient (Wildman–Crippen LogP) is 4.95. The van der Waals surface area contributed by atoms with E-state index in [0.29, 0.717) is 40.1 Å². The number of anilines is 1. The maximum atomic E-state index is 12.8. The molecule has 0 atom stereocenters. The van der Waals surface area contributed by atoms with Gasteiger partial charge in [-0.2, -0.15) is 10.1 Å². The maximum Gasteiger partial charge on any atom is 0.259 e. The number of carbonyl (C=O) groups is 2. The largest absolute Gasteiger partial charge is 0.339 e. The third-order valence-electron chi connectivity index (χ3n) is 5.96. The van der Waals surface area contributed by atoms with Crippen LogP contribution in [0.15, 0.2) is 59.3 Å². The van der Waals surface area contributed by atoms with E-state index < -0.39 is 0 Å². The lowest BCUT2D eigenvalue weighted by Gasteiger charge is -2.20. The highest BCUT2D eigenvalue weighted by Gasteiger charge is 2.25. The van der Waals surface area contributed by atoms with Gasteiger partial charge in [0.1, 0.15) is 0 Å². The summed E-state index contributed by atoms with van der Waals surface area (Å²) in [5.74, 6) is 1.34. The number of ketones is 1. The fraction of sp³-hybridized carbons (Fsp3) is 0.240. The van der Waals surface area contributed by atoms with Gasteiger partial charge in [0, 0.05) is 28.9 Å². The summed E-state index contributed by atoms with van der Waals surface area (Å²) < 4.78 is 7.07. The summed E-state index contributed by atoms with van der Waals surface area (Å²) >= 11 is 0. The minimum Gasteiger partial charge on any atom is -0.339 e. The molecule has 2 heterocycles. The van der Waals surface area contributed by atoms with Crippen LogP contribution in [-0.2, 0) is 0 Å². The Bertz CT molecular complexity index is 1330. The van der Waals surface area contributed by atoms with Crippen LogP contribution in [0.5, 0.6) is 0 Å². The lowest BCUT2D eigenvalue weighted by Crippen LogP contribution is -2.12. The van der Waals surface area contributed by atoms with Crippen molar-refractivity contribution in [2.24, 2.45) is 0 Å². The van der Waals surface area contributed by atoms with Gasteiger partial charge < -0.3 is 9.84 Å². The fourth-order valence-corrected chi connectivity index (χ4v) is 3.77. The number of benzene rings is 2. The van der Waals surface area contributed by atoms with Gasteiger partial charge in [-0.15, -0.1) is 0 Å². The summed E-state index contributed by atoms with van der Waals surface area (Å²) in [7, 11) is 0. The van der Waals surface area contributed by atoms with E-state index in [4.69, 9.17) is 4.52 Å². The number of hydrogen-bond donors (Lipinski definition) is 1. The van der Waals surface area contributed by atoms with Crippen LogP contribution in [0.4, 0.5) is 5.69 Å². The number of amides is 1. The molecule has 8 heteroatoms. The second-order valence-corrected chi connectivity index (χ2v) is 8.29. The molecule has 1 aliphatic rings. The number of aromatic nitrogens is 4. The molecule has 1 saturated carbocycles. The number of nitrogens with one attached hydrogen (secondary N) is 1. The molecule has 1 N–H and O–H groups in total. The molecule has 0 saturated heterocycles. The van der Waals surface area contributed by atoms with Crippen LogP contribution >= 0.6 is 0 Å². The highest BCUT2D eigenvalue weighted by Crippen LogP contribution is 2.36. The van der Waals surface area contributed by atoms with E-state index in [1.807, 2.05) is 24.3 Å². The molecule has 1 amide bonds. The molecule has 33 heavy (non-hydrogen) atoms. The van der Waals surface area contributed by atoms with Crippen molar-refractivity contribution in [1.82, 2.24) is 19.9 Å². The fourth-order valence-electron chi connectivity index (χ4n) is 3.77. The van der Waals surface area contributed by atoms with E-state index in [0.717, 1.165) is 24.1 Å². The van der Waals surface area contributed by atoms with Crippen LogP contribution in [0.2, 0.25) is 0 Å². The standard InChI is InChI=1S/C25H23N5O3/c1-15-22(24(32)26-20-8-4-7-19(13-20)16(2)31)14-30(28-15)21-11-9-17(10-12-21)23-27-25(33-29-23)18-5-3-6-18/h4,7-14,18H,3,5-6H2,1-2H3,(H,26,32). The molecule has 0 unspecified atom stereocenters. The van der Waals surface area contributed by atoms with E-state index in [9.17, 15) is 9.59 Å². The van der Waals surface area contributed by atoms with Crippen molar-refractivity contribution in [3.05, 3.63) is 77.4 Å². The lowest BCUT2D eigenvalue weighted by atomic mass is 9.85. The number of nitrogens with zero attached hydrogens (tertiary/aromatic N) is 4. The summed E-state index contributed by atoms with van der Waals surface area (Å²) in [4.78, 5) is 28.9. The Balaban J connectivity index is 1.32. The van der Waals surface area contributed by atoms with Gasteiger partial charge in [0.2, 0.25) is 11.7 Å². The summed E-state index contributed by atoms with van der Waals surface area (Å²) in [5.41, 5.74) is 3.83. The molecule has 1 aliphatic carbocycles. The summed E-state index contributed by atoms with van der Waals surface area (Å²) in [6.45, 7) is 3.28. The molecular formula is C25H23N5O3. The van der Waals surface area contributed by atoms with E-state index in [1.54, 1.807) is 42.1 Å². The van der Waals surface area contributed by atoms with E-state index in [-0.39, 0.29) is 11.7 Å². The van der Waals surface area contributed by atoms with Crippen LogP contribution in [0.1, 0.15) is 64.4 Å². The van der Waals surface area contributed by atoms with Gasteiger partial charge >= 0.3 is 0 Å². The average molecular weight is 441 g/mol. The molecule has 0 spiro atoms. The topological polar surface area (TPSA) is 103 Å². The number of carbonyl (C=O) groups excluding carboxylic acids is 2. The Morgan fingerprint density at radius 1 is 1.12 bits per heavy atom. The van der Waals surface area contributed by atoms with Crippen LogP contribution in [0, 0.1) is 6.92 Å². The number of Topliss-reactive ketones (excluding diaryl/α,β-unsaturated/α-hetero) is 1. The summed E-state index contributed by atoms with van der Waals surface area (Å²) in [6.07, 6.45) is 5.12. The van der Waals surface area contributed by atoms with Gasteiger partial charge in [-0.1, -0.05) is 23.7 Å². The minimum atomic E-state index is -0.286. The zero-order valence-electron chi connectivity index (χ0n) is 18.4. The van der Waals surface area contributed by atoms with Crippen molar-refractivity contribution in [3.63, 3.8) is 0 Å². The SMILES string of the molecule is CC(=O)c1cccc(NC(=O)c2cn(-c3ccc(-c4noc(C5CCC5)n4)cc3)nc2C)c1. The van der Waals surface area contributed by atoms with E-state index in [2.05, 4.69) is 20.6 Å². The molecule has 1 fully saturated rings. The first kappa shape index (κ1) is 20.8. The quantitative estimate of drug-likeness (QED) is 0.425. The zero-order chi connectivity index (χ0) is 22.9. The monoisotopic (exact) mass is 441 g/mol. The molecule has 2 aromatic heterocycles. The Morgan fingerprint density at radius 3 is 2.61 bits per heavy atom. The van der Waals surface area contributed by atoms with Crippen molar-refractivity contribution in [2.45, 2.75) is 39.0 Å². The van der Waals surface area contributed by atoms with E-state index in [1.165, 1.54) is 13.3 Å². The van der Waals surface area contributed by atoms with Crippen molar-refractivity contribution < 1.29 is 14.1 Å². The minimum absolute atomic E-state index is 0.0568. The molecule has 166 valence electrons. The molecule has 5 rings (SSSR count). The van der Waals surface area contributed by atoms with Gasteiger partial charge in [0.25, 0.3) is 5.91 Å². The van der Waals surface area contributed by atoms with Crippen LogP contribution in [0.25, 0.3) is 17.1 Å². The van der Waals surface area contributed by atoms with Gasteiger partial charge in [0.15, 0.2) is 5.78 Å². The Labute approximate surface area is 190 Å². The smallest absolute Gasteiger partial charge is 0.259 e. The molecular weight excluding hydrogens is 418 g/mol. The van der Waals surface area contributed by atoms with Gasteiger partial charge in [-0.25, -0.2) is 4.68 Å². The van der Waals surface area contributed by atoms with Crippen molar-refractivity contribution >= 4 is 17.4 Å². The van der Waals surface area contributed by atoms with Crippen LogP contribution in [-0.4, -0.2) is 31.6 Å². The highest BCUT2D eigenvalue weighted by atomic mass is 16.5. The van der Waals surface area contributed by atoms with Crippen molar-refractivity contribution in [1.29, 1.82) is 0 Å². The Kier molecular flexibility index (Phi) is 5.34. The molecule has 0 radical (unpaired) electrons. The summed E-state index contributed by atoms with van der Waals surface area (Å²) in [5, 5.41) is 11.4. The summed E-state index contributed by atoms with van der Waals surface area (Å²) in [6, 6.07) is 14.5. The second-order valence-electron chi connectivity index (χ2n) is 8.29. The average Bonchev–Trinajstić information content (AvgIpc) is 3.40. The third-order valence-corrected chi connectivity index (χ3v) is 5.96. The first-order valence-corrected chi connectivity index (χ1v) is 10.9. The zero-order valence-corrected chi connectivity index (χ0v) is 18.4. The third kappa shape index (κ3) is 4.19. The number of hydrogen-bond acceptors (Lipinski definition) is 6. The Morgan fingerprint density at radius 2 is 1.91 bits per heavy atom. The first-order valence-electron chi connectivity index (χ1n) is 10.9. The highest BCUT2D eigenvalue weighted by molar-refractivity contribution is 6.05. The predicted molar refractivity (Wildman–Crippen MR) is 123 cm³/mol. The normalized spacial score (nSPS) is 13.5. The lowest BCUT2D eigenvalue weighted by molar-refractivity contribution is 0.101. The van der Waals surface area contributed by atoms with Crippen LogP contribution < -0.4 is 5.32 Å². The second kappa shape index (κ2) is 8.46. The van der Waals surface area contributed by atoms with Gasteiger partial charge in [0.05, 0.1) is 16.9 Å². The first-order chi connectivity index (χ1) is 16.0. The molecule has 8 nitrogen and oxygen atoms in total. The van der Waals surface area contributed by atoms with Gasteiger partial charge in [-0.3, -0.25) is 9.59 Å². The van der Waals surface area contributed by atoms with Crippen molar-refractivity contribution in [3.8, 4) is 17.1 Å². The van der Waals surface area contributed by atoms with Crippen LogP contribution in [0.3, 0.4) is 0 Å².